The third-order valence-electron chi connectivity index (χ3n) is 2.18. The molecular formula is C12H13N. The van der Waals surface area contributed by atoms with Crippen LogP contribution in [-0.4, -0.2) is 4.98 Å². The van der Waals surface area contributed by atoms with Crippen LogP contribution in [0.25, 0.3) is 12.2 Å². The number of hydrogen-bond acceptors (Lipinski definition) is 1. The van der Waals surface area contributed by atoms with Gasteiger partial charge < -0.3 is 0 Å². The van der Waals surface area contributed by atoms with E-state index >= 15 is 0 Å². The zero-order valence-corrected chi connectivity index (χ0v) is 7.99. The van der Waals surface area contributed by atoms with E-state index in [-0.39, 0.29) is 5.41 Å². The second kappa shape index (κ2) is 2.84. The van der Waals surface area contributed by atoms with Gasteiger partial charge in [0.25, 0.3) is 0 Å². The van der Waals surface area contributed by atoms with E-state index in [1.807, 2.05) is 12.3 Å². The summed E-state index contributed by atoms with van der Waals surface area (Å²) in [6, 6.07) is 4.06. The fourth-order valence-corrected chi connectivity index (χ4v) is 1.49. The predicted molar refractivity (Wildman–Crippen MR) is 55.3 cm³/mol. The molecule has 0 radical (unpaired) electrons. The summed E-state index contributed by atoms with van der Waals surface area (Å²) in [4.78, 5) is 4.35. The summed E-state index contributed by atoms with van der Waals surface area (Å²) < 4.78 is 0. The van der Waals surface area contributed by atoms with Crippen molar-refractivity contribution in [3.63, 3.8) is 0 Å². The molecule has 0 bridgehead atoms. The van der Waals surface area contributed by atoms with Crippen LogP contribution in [0.4, 0.5) is 0 Å². The molecule has 1 heteroatoms. The average Bonchev–Trinajstić information content (AvgIpc) is 2.21. The maximum absolute atomic E-state index is 4.35. The highest BCUT2D eigenvalue weighted by atomic mass is 14.6. The van der Waals surface area contributed by atoms with Crippen molar-refractivity contribution in [3.05, 3.63) is 41.0 Å². The van der Waals surface area contributed by atoms with E-state index in [0.29, 0.717) is 0 Å². The van der Waals surface area contributed by atoms with E-state index in [9.17, 15) is 0 Å². The fraction of sp³-hybridized carbons (Fsp3) is 0.250. The lowest BCUT2D eigenvalue weighted by Gasteiger charge is -2.12. The number of hydrogen-bond donors (Lipinski definition) is 0. The van der Waals surface area contributed by atoms with Crippen LogP contribution >= 0.6 is 0 Å². The number of nitrogens with zero attached hydrogens (tertiary/aromatic N) is 1. The molecule has 0 spiro atoms. The summed E-state index contributed by atoms with van der Waals surface area (Å²) in [7, 11) is 0. The Balaban J connectivity index is 2.77. The molecule has 0 unspecified atom stereocenters. The molecule has 1 heterocycles. The molecule has 2 rings (SSSR count). The molecule has 0 N–H and O–H groups in total. The second-order valence-corrected chi connectivity index (χ2v) is 3.97. The van der Waals surface area contributed by atoms with Gasteiger partial charge in [-0.1, -0.05) is 38.1 Å². The molecule has 1 aliphatic rings. The molecule has 1 aromatic rings. The van der Waals surface area contributed by atoms with Crippen LogP contribution in [0.15, 0.2) is 30.5 Å². The van der Waals surface area contributed by atoms with Crippen LogP contribution in [-0.2, 0) is 0 Å². The molecule has 1 aromatic heterocycles. The Morgan fingerprint density at radius 2 is 2.15 bits per heavy atom. The minimum absolute atomic E-state index is 0.107. The van der Waals surface area contributed by atoms with Gasteiger partial charge in [-0.25, -0.2) is 0 Å². The van der Waals surface area contributed by atoms with Crippen LogP contribution in [0.2, 0.25) is 0 Å². The summed E-state index contributed by atoms with van der Waals surface area (Å²) >= 11 is 0. The third-order valence-corrected chi connectivity index (χ3v) is 2.18. The Labute approximate surface area is 78.1 Å². The van der Waals surface area contributed by atoms with Gasteiger partial charge in [0.05, 0.1) is 5.35 Å². The van der Waals surface area contributed by atoms with Crippen molar-refractivity contribution in [1.82, 2.24) is 4.98 Å². The average molecular weight is 171 g/mol. The monoisotopic (exact) mass is 171 g/mol. The number of rotatable bonds is 0. The maximum Gasteiger partial charge on any atom is 0.0670 e. The van der Waals surface area contributed by atoms with Crippen LogP contribution in [0.1, 0.15) is 13.8 Å². The van der Waals surface area contributed by atoms with Gasteiger partial charge in [0.1, 0.15) is 0 Å². The molecule has 0 amide bonds. The first kappa shape index (κ1) is 8.24. The first-order valence-corrected chi connectivity index (χ1v) is 4.51. The zero-order chi connectivity index (χ0) is 9.31. The second-order valence-electron chi connectivity index (χ2n) is 3.97. The molecule has 0 saturated heterocycles. The van der Waals surface area contributed by atoms with Crippen LogP contribution in [0, 0.1) is 5.41 Å². The summed E-state index contributed by atoms with van der Waals surface area (Å²) in [5, 5.41) is 2.28. The number of pyridine rings is 1. The Kier molecular flexibility index (Phi) is 1.80. The van der Waals surface area contributed by atoms with Gasteiger partial charge in [-0.2, -0.15) is 0 Å². The first-order valence-electron chi connectivity index (χ1n) is 4.51. The Bertz CT molecular complexity index is 452. The Morgan fingerprint density at radius 1 is 1.31 bits per heavy atom. The zero-order valence-electron chi connectivity index (χ0n) is 7.99. The fourth-order valence-electron chi connectivity index (χ4n) is 1.49. The number of allylic oxidation sites excluding steroid dienone is 2. The normalized spacial score (nSPS) is 18.0. The molecule has 0 atom stereocenters. The Hall–Kier alpha value is -1.37. The van der Waals surface area contributed by atoms with Crippen LogP contribution in [0.5, 0.6) is 0 Å². The van der Waals surface area contributed by atoms with Gasteiger partial charge in [0.15, 0.2) is 0 Å². The molecule has 1 nitrogen and oxygen atoms in total. The SMILES string of the molecule is CC1(C)C=CC=c2cccnc2=C1. The highest BCUT2D eigenvalue weighted by Crippen LogP contribution is 2.18. The van der Waals surface area contributed by atoms with Gasteiger partial charge in [0, 0.05) is 11.6 Å². The van der Waals surface area contributed by atoms with Crippen LogP contribution in [0.3, 0.4) is 0 Å². The van der Waals surface area contributed by atoms with Gasteiger partial charge in [-0.3, -0.25) is 4.98 Å². The van der Waals surface area contributed by atoms with Crippen molar-refractivity contribution in [3.8, 4) is 0 Å². The molecule has 13 heavy (non-hydrogen) atoms. The minimum Gasteiger partial charge on any atom is -0.257 e. The van der Waals surface area contributed by atoms with Crippen molar-refractivity contribution < 1.29 is 0 Å². The topological polar surface area (TPSA) is 12.9 Å². The molecule has 0 aromatic carbocycles. The van der Waals surface area contributed by atoms with Crippen molar-refractivity contribution in [2.45, 2.75) is 13.8 Å². The van der Waals surface area contributed by atoms with E-state index in [1.165, 1.54) is 5.22 Å². The number of aromatic nitrogens is 1. The lowest BCUT2D eigenvalue weighted by atomic mass is 9.93. The third kappa shape index (κ3) is 1.69. The van der Waals surface area contributed by atoms with Crippen molar-refractivity contribution >= 4 is 12.2 Å². The van der Waals surface area contributed by atoms with Gasteiger partial charge in [-0.05, 0) is 17.4 Å². The maximum atomic E-state index is 4.35. The van der Waals surface area contributed by atoms with E-state index < -0.39 is 0 Å². The molecule has 66 valence electrons. The quantitative estimate of drug-likeness (QED) is 0.572. The Morgan fingerprint density at radius 3 is 3.00 bits per heavy atom. The summed E-state index contributed by atoms with van der Waals surface area (Å²) in [6.45, 7) is 4.36. The largest absolute Gasteiger partial charge is 0.257 e. The number of fused-ring (bicyclic) bond motifs is 1. The molecular weight excluding hydrogens is 158 g/mol. The lowest BCUT2D eigenvalue weighted by molar-refractivity contribution is 0.669. The van der Waals surface area contributed by atoms with Gasteiger partial charge in [0.2, 0.25) is 0 Å². The van der Waals surface area contributed by atoms with Crippen molar-refractivity contribution in [1.29, 1.82) is 0 Å². The molecule has 0 aliphatic heterocycles. The van der Waals surface area contributed by atoms with E-state index in [2.05, 4.69) is 49.2 Å². The lowest BCUT2D eigenvalue weighted by Crippen LogP contribution is -2.28. The molecule has 1 aliphatic carbocycles. The smallest absolute Gasteiger partial charge is 0.0670 e. The summed E-state index contributed by atoms with van der Waals surface area (Å²) in [5.41, 5.74) is 0.107. The standard InChI is InChI=1S/C12H13N/c1-12(2)7-3-5-10-6-4-8-13-11(10)9-12/h3-9H,1-2H3. The van der Waals surface area contributed by atoms with Crippen molar-refractivity contribution in [2.75, 3.05) is 0 Å². The molecule has 0 fully saturated rings. The van der Waals surface area contributed by atoms with Gasteiger partial charge in [-0.15, -0.1) is 0 Å². The van der Waals surface area contributed by atoms with E-state index in [0.717, 1.165) is 5.35 Å². The first-order chi connectivity index (χ1) is 6.17. The minimum atomic E-state index is 0.107. The van der Waals surface area contributed by atoms with Gasteiger partial charge >= 0.3 is 0 Å². The summed E-state index contributed by atoms with van der Waals surface area (Å²) in [6.07, 6.45) is 10.4. The van der Waals surface area contributed by atoms with Crippen molar-refractivity contribution in [2.24, 2.45) is 5.41 Å². The molecule has 0 saturated carbocycles. The van der Waals surface area contributed by atoms with Crippen LogP contribution < -0.4 is 10.6 Å². The van der Waals surface area contributed by atoms with E-state index in [4.69, 9.17) is 0 Å². The van der Waals surface area contributed by atoms with E-state index in [1.54, 1.807) is 0 Å². The predicted octanol–water partition coefficient (Wildman–Crippen LogP) is 1.24. The highest BCUT2D eigenvalue weighted by Gasteiger charge is 2.10. The summed E-state index contributed by atoms with van der Waals surface area (Å²) in [5.74, 6) is 0. The highest BCUT2D eigenvalue weighted by molar-refractivity contribution is 5.46.